The number of aromatic nitrogens is 2. The molecule has 0 aliphatic rings. The molecule has 2 heterocycles. The zero-order chi connectivity index (χ0) is 19.0. The minimum Gasteiger partial charge on any atom is -0.308 e. The number of para-hydroxylation sites is 2. The van der Waals surface area contributed by atoms with Crippen LogP contribution in [0.3, 0.4) is 0 Å². The monoisotopic (exact) mass is 436 g/mol. The fraction of sp³-hybridized carbons (Fsp3) is 0.211. The number of hydrogen-bond donors (Lipinski definition) is 0. The number of amides is 1. The molecule has 0 aliphatic carbocycles. The number of fused-ring (bicyclic) bond motifs is 2. The lowest BCUT2D eigenvalue weighted by Gasteiger charge is -2.20. The van der Waals surface area contributed by atoms with Crippen molar-refractivity contribution in [1.29, 1.82) is 0 Å². The molecule has 0 saturated carbocycles. The molecule has 0 fully saturated rings. The van der Waals surface area contributed by atoms with Crippen LogP contribution in [-0.2, 0) is 0 Å². The van der Waals surface area contributed by atoms with Crippen LogP contribution < -0.4 is 4.90 Å². The van der Waals surface area contributed by atoms with Crippen LogP contribution in [0.5, 0.6) is 0 Å². The van der Waals surface area contributed by atoms with E-state index in [1.165, 1.54) is 28.7 Å². The summed E-state index contributed by atoms with van der Waals surface area (Å²) in [5.74, 6) is -0.590. The Labute approximate surface area is 175 Å². The van der Waals surface area contributed by atoms with Gasteiger partial charge in [0, 0.05) is 13.1 Å². The van der Waals surface area contributed by atoms with Crippen LogP contribution in [0.4, 0.5) is 9.52 Å². The highest BCUT2D eigenvalue weighted by Gasteiger charge is 2.24. The topological polar surface area (TPSA) is 49.3 Å². The Morgan fingerprint density at radius 3 is 2.46 bits per heavy atom. The predicted molar refractivity (Wildman–Crippen MR) is 117 cm³/mol. The van der Waals surface area contributed by atoms with Gasteiger partial charge in [-0.15, -0.1) is 23.7 Å². The van der Waals surface area contributed by atoms with Crippen LogP contribution in [0.15, 0.2) is 42.5 Å². The van der Waals surface area contributed by atoms with E-state index in [0.717, 1.165) is 14.9 Å². The van der Waals surface area contributed by atoms with Crippen molar-refractivity contribution >= 4 is 66.6 Å². The van der Waals surface area contributed by atoms with E-state index in [1.54, 1.807) is 11.0 Å². The lowest BCUT2D eigenvalue weighted by molar-refractivity contribution is 0.0985. The van der Waals surface area contributed by atoms with Crippen LogP contribution in [0.1, 0.15) is 9.80 Å². The van der Waals surface area contributed by atoms with E-state index >= 15 is 0 Å². The summed E-state index contributed by atoms with van der Waals surface area (Å²) in [5.41, 5.74) is 1.10. The smallest absolute Gasteiger partial charge is 0.289 e. The van der Waals surface area contributed by atoms with E-state index < -0.39 is 0 Å². The molecule has 2 aromatic heterocycles. The number of rotatable bonds is 5. The number of thiazole rings is 2. The van der Waals surface area contributed by atoms with Gasteiger partial charge in [0.1, 0.15) is 11.3 Å². The molecule has 146 valence electrons. The summed E-state index contributed by atoms with van der Waals surface area (Å²) in [5, 5.41) is 0.899. The SMILES string of the molecule is CN(C)CCN(C(=O)c1nc2ccccc2s1)c1nc2c(F)cccc2s1.Cl. The molecule has 4 rings (SSSR count). The van der Waals surface area contributed by atoms with Gasteiger partial charge in [-0.05, 0) is 38.4 Å². The maximum absolute atomic E-state index is 14.1. The first kappa shape index (κ1) is 20.6. The van der Waals surface area contributed by atoms with Gasteiger partial charge >= 0.3 is 0 Å². The van der Waals surface area contributed by atoms with Crippen molar-refractivity contribution in [2.75, 3.05) is 32.1 Å². The molecular formula is C19H18ClFN4OS2. The lowest BCUT2D eigenvalue weighted by Crippen LogP contribution is -2.36. The summed E-state index contributed by atoms with van der Waals surface area (Å²) in [6.07, 6.45) is 0. The number of hydrogen-bond acceptors (Lipinski definition) is 6. The molecule has 0 N–H and O–H groups in total. The fourth-order valence-electron chi connectivity index (χ4n) is 2.68. The van der Waals surface area contributed by atoms with Crippen molar-refractivity contribution in [3.63, 3.8) is 0 Å². The first-order chi connectivity index (χ1) is 13.0. The van der Waals surface area contributed by atoms with Gasteiger partial charge in [-0.3, -0.25) is 9.69 Å². The maximum atomic E-state index is 14.1. The number of carbonyl (C=O) groups excluding carboxylic acids is 1. The van der Waals surface area contributed by atoms with Crippen molar-refractivity contribution in [2.24, 2.45) is 0 Å². The number of benzene rings is 2. The Bertz CT molecular complexity index is 1090. The van der Waals surface area contributed by atoms with E-state index in [9.17, 15) is 9.18 Å². The zero-order valence-electron chi connectivity index (χ0n) is 15.3. The summed E-state index contributed by atoms with van der Waals surface area (Å²) in [6.45, 7) is 1.11. The molecule has 0 radical (unpaired) electrons. The minimum atomic E-state index is -0.380. The molecule has 0 spiro atoms. The Morgan fingerprint density at radius 1 is 1.00 bits per heavy atom. The molecule has 5 nitrogen and oxygen atoms in total. The summed E-state index contributed by atoms with van der Waals surface area (Å²) in [4.78, 5) is 25.7. The average Bonchev–Trinajstić information content (AvgIpc) is 3.26. The third kappa shape index (κ3) is 4.00. The maximum Gasteiger partial charge on any atom is 0.289 e. The van der Waals surface area contributed by atoms with Crippen molar-refractivity contribution in [3.05, 3.63) is 53.3 Å². The van der Waals surface area contributed by atoms with Crippen molar-refractivity contribution < 1.29 is 9.18 Å². The predicted octanol–water partition coefficient (Wildman–Crippen LogP) is 4.68. The molecule has 1 amide bonds. The normalized spacial score (nSPS) is 11.1. The number of anilines is 1. The van der Waals surface area contributed by atoms with Crippen LogP contribution in [0, 0.1) is 5.82 Å². The van der Waals surface area contributed by atoms with Gasteiger partial charge in [-0.1, -0.05) is 29.5 Å². The highest BCUT2D eigenvalue weighted by Crippen LogP contribution is 2.32. The summed E-state index contributed by atoms with van der Waals surface area (Å²) in [7, 11) is 3.89. The summed E-state index contributed by atoms with van der Waals surface area (Å²) >= 11 is 2.67. The Balaban J connectivity index is 0.00000225. The van der Waals surface area contributed by atoms with E-state index in [0.29, 0.717) is 28.7 Å². The second-order valence-electron chi connectivity index (χ2n) is 6.33. The third-order valence-electron chi connectivity index (χ3n) is 4.08. The largest absolute Gasteiger partial charge is 0.308 e. The van der Waals surface area contributed by atoms with E-state index in [-0.39, 0.29) is 24.1 Å². The molecule has 2 aromatic carbocycles. The molecule has 28 heavy (non-hydrogen) atoms. The van der Waals surface area contributed by atoms with Gasteiger partial charge in [0.05, 0.1) is 14.9 Å². The van der Waals surface area contributed by atoms with Gasteiger partial charge in [-0.2, -0.15) is 0 Å². The van der Waals surface area contributed by atoms with E-state index in [1.807, 2.05) is 49.3 Å². The standard InChI is InChI=1S/C19H17FN4OS2.ClH/c1-23(2)10-11-24(19-22-16-12(20)6-5-9-15(16)27-19)18(25)17-21-13-7-3-4-8-14(13)26-17;/h3-9H,10-11H2,1-2H3;1H. The molecular weight excluding hydrogens is 419 g/mol. The van der Waals surface area contributed by atoms with Gasteiger partial charge in [0.15, 0.2) is 10.1 Å². The zero-order valence-corrected chi connectivity index (χ0v) is 17.7. The molecule has 0 bridgehead atoms. The van der Waals surface area contributed by atoms with Crippen molar-refractivity contribution in [2.45, 2.75) is 0 Å². The third-order valence-corrected chi connectivity index (χ3v) is 6.15. The van der Waals surface area contributed by atoms with Gasteiger partial charge < -0.3 is 4.90 Å². The quantitative estimate of drug-likeness (QED) is 0.456. The van der Waals surface area contributed by atoms with E-state index in [4.69, 9.17) is 0 Å². The highest BCUT2D eigenvalue weighted by atomic mass is 35.5. The van der Waals surface area contributed by atoms with Crippen LogP contribution in [0.25, 0.3) is 20.4 Å². The second-order valence-corrected chi connectivity index (χ2v) is 8.37. The average molecular weight is 437 g/mol. The number of nitrogens with zero attached hydrogens (tertiary/aromatic N) is 4. The highest BCUT2D eigenvalue weighted by molar-refractivity contribution is 7.23. The molecule has 9 heteroatoms. The molecule has 0 unspecified atom stereocenters. The lowest BCUT2D eigenvalue weighted by atomic mass is 10.3. The van der Waals surface area contributed by atoms with Crippen LogP contribution in [0.2, 0.25) is 0 Å². The van der Waals surface area contributed by atoms with Crippen LogP contribution in [-0.4, -0.2) is 48.0 Å². The number of carbonyl (C=O) groups is 1. The van der Waals surface area contributed by atoms with E-state index in [2.05, 4.69) is 9.97 Å². The molecule has 0 atom stereocenters. The fourth-order valence-corrected chi connectivity index (χ4v) is 4.60. The molecule has 0 aliphatic heterocycles. The first-order valence-electron chi connectivity index (χ1n) is 8.40. The Morgan fingerprint density at radius 2 is 1.75 bits per heavy atom. The van der Waals surface area contributed by atoms with Crippen molar-refractivity contribution in [1.82, 2.24) is 14.9 Å². The van der Waals surface area contributed by atoms with Gasteiger partial charge in [-0.25, -0.2) is 14.4 Å². The van der Waals surface area contributed by atoms with Gasteiger partial charge in [0.2, 0.25) is 0 Å². The van der Waals surface area contributed by atoms with Crippen LogP contribution >= 0.6 is 35.1 Å². The second kappa shape index (κ2) is 8.48. The summed E-state index contributed by atoms with van der Waals surface area (Å²) in [6, 6.07) is 12.5. The number of likely N-dealkylation sites (N-methyl/N-ethyl adjacent to an activating group) is 1. The molecule has 0 saturated heterocycles. The number of halogens is 2. The Hall–Kier alpha value is -2.13. The van der Waals surface area contributed by atoms with Crippen molar-refractivity contribution in [3.8, 4) is 0 Å². The molecule has 4 aromatic rings. The Kier molecular flexibility index (Phi) is 6.24. The van der Waals surface area contributed by atoms with Gasteiger partial charge in [0.25, 0.3) is 5.91 Å². The first-order valence-corrected chi connectivity index (χ1v) is 10.0. The minimum absolute atomic E-state index is 0. The summed E-state index contributed by atoms with van der Waals surface area (Å²) < 4.78 is 15.7.